The van der Waals surface area contributed by atoms with Gasteiger partial charge in [-0.05, 0) is 22.6 Å². The molecule has 2 heterocycles. The molecule has 0 unspecified atom stereocenters. The fourth-order valence-electron chi connectivity index (χ4n) is 1.65. The van der Waals surface area contributed by atoms with Crippen LogP contribution in [0.5, 0.6) is 0 Å². The lowest BCUT2D eigenvalue weighted by Gasteiger charge is -2.04. The molecule has 0 aliphatic carbocycles. The lowest BCUT2D eigenvalue weighted by molar-refractivity contribution is -0.142. The molecule has 0 aromatic carbocycles. The van der Waals surface area contributed by atoms with E-state index in [4.69, 9.17) is 9.47 Å². The zero-order valence-electron chi connectivity index (χ0n) is 12.2. The smallest absolute Gasteiger partial charge is 0.328 e. The van der Waals surface area contributed by atoms with E-state index in [1.807, 2.05) is 22.6 Å². The molecule has 0 atom stereocenters. The fourth-order valence-corrected chi connectivity index (χ4v) is 2.12. The number of aromatic amines is 1. The number of hydrogen-bond donors (Lipinski definition) is 1. The lowest BCUT2D eigenvalue weighted by Crippen LogP contribution is -2.31. The Morgan fingerprint density at radius 2 is 2.13 bits per heavy atom. The number of H-pyrrole nitrogens is 1. The molecule has 0 spiro atoms. The van der Waals surface area contributed by atoms with Gasteiger partial charge in [0.2, 0.25) is 0 Å². The second kappa shape index (κ2) is 8.01. The van der Waals surface area contributed by atoms with E-state index in [0.29, 0.717) is 9.26 Å². The number of aromatic nitrogens is 5. The van der Waals surface area contributed by atoms with E-state index in [1.165, 1.54) is 22.4 Å². The summed E-state index contributed by atoms with van der Waals surface area (Å²) in [4.78, 5) is 35.8. The summed E-state index contributed by atoms with van der Waals surface area (Å²) in [6, 6.07) is 0. The van der Waals surface area contributed by atoms with Gasteiger partial charge in [0, 0.05) is 13.1 Å². The van der Waals surface area contributed by atoms with Gasteiger partial charge in [0.05, 0.1) is 22.9 Å². The molecule has 1 N–H and O–H groups in total. The molecule has 0 bridgehead atoms. The highest BCUT2D eigenvalue weighted by atomic mass is 127. The van der Waals surface area contributed by atoms with Crippen LogP contribution in [0, 0.1) is 3.57 Å². The first kappa shape index (κ1) is 17.3. The van der Waals surface area contributed by atoms with Crippen molar-refractivity contribution < 1.29 is 14.3 Å². The summed E-state index contributed by atoms with van der Waals surface area (Å²) < 4.78 is 13.2. The van der Waals surface area contributed by atoms with Crippen molar-refractivity contribution >= 4 is 28.6 Å². The maximum absolute atomic E-state index is 11.7. The van der Waals surface area contributed by atoms with Gasteiger partial charge < -0.3 is 9.47 Å². The Morgan fingerprint density at radius 1 is 1.35 bits per heavy atom. The number of carbonyl (C=O) groups excluding carboxylic acids is 1. The first-order valence-corrected chi connectivity index (χ1v) is 7.63. The van der Waals surface area contributed by atoms with Crippen molar-refractivity contribution in [1.29, 1.82) is 0 Å². The van der Waals surface area contributed by atoms with E-state index in [-0.39, 0.29) is 32.5 Å². The van der Waals surface area contributed by atoms with E-state index in [1.54, 1.807) is 6.20 Å². The number of ether oxygens (including phenoxy) is 2. The average Bonchev–Trinajstić information content (AvgIpc) is 2.91. The summed E-state index contributed by atoms with van der Waals surface area (Å²) >= 11 is 1.84. The van der Waals surface area contributed by atoms with Gasteiger partial charge >= 0.3 is 11.7 Å². The van der Waals surface area contributed by atoms with Crippen molar-refractivity contribution in [2.24, 2.45) is 0 Å². The van der Waals surface area contributed by atoms with Gasteiger partial charge in [0.1, 0.15) is 19.0 Å². The first-order chi connectivity index (χ1) is 11.0. The zero-order valence-corrected chi connectivity index (χ0v) is 14.3. The lowest BCUT2D eigenvalue weighted by atomic mass is 10.4. The molecule has 0 amide bonds. The second-order valence-corrected chi connectivity index (χ2v) is 5.65. The normalized spacial score (nSPS) is 10.7. The molecular formula is C12H14IN5O5. The van der Waals surface area contributed by atoms with Crippen molar-refractivity contribution in [3.8, 4) is 0 Å². The Hall–Kier alpha value is -2.02. The van der Waals surface area contributed by atoms with Crippen molar-refractivity contribution in [3.05, 3.63) is 42.5 Å². The molecular weight excluding hydrogens is 421 g/mol. The maximum Gasteiger partial charge on any atom is 0.328 e. The third-order valence-corrected chi connectivity index (χ3v) is 3.41. The van der Waals surface area contributed by atoms with Gasteiger partial charge in [-0.1, -0.05) is 5.21 Å². The van der Waals surface area contributed by atoms with E-state index >= 15 is 0 Å². The molecule has 2 rings (SSSR count). The highest BCUT2D eigenvalue weighted by molar-refractivity contribution is 14.1. The van der Waals surface area contributed by atoms with E-state index < -0.39 is 11.2 Å². The van der Waals surface area contributed by atoms with Crippen molar-refractivity contribution in [2.75, 3.05) is 13.2 Å². The van der Waals surface area contributed by atoms with E-state index in [2.05, 4.69) is 15.3 Å². The molecule has 0 radical (unpaired) electrons. The van der Waals surface area contributed by atoms with Crippen LogP contribution in [-0.2, 0) is 27.5 Å². The average molecular weight is 435 g/mol. The molecule has 23 heavy (non-hydrogen) atoms. The molecule has 2 aromatic heterocycles. The SMILES string of the molecule is CC(=O)OCCOCn1cc(Cn2cc(I)c(=O)[nH]c2=O)nn1. The standard InChI is InChI=1S/C12H14IN5O5/c1-8(19)23-3-2-22-7-18-5-9(15-16-18)4-17-6-10(13)11(20)14-12(17)21/h5-6H,2-4,7H2,1H3,(H,14,20,21). The first-order valence-electron chi connectivity index (χ1n) is 6.55. The Kier molecular flexibility index (Phi) is 6.04. The molecule has 124 valence electrons. The minimum atomic E-state index is -0.511. The number of halogens is 1. The van der Waals surface area contributed by atoms with Crippen molar-refractivity contribution in [2.45, 2.75) is 20.2 Å². The molecule has 2 aromatic rings. The van der Waals surface area contributed by atoms with Crippen LogP contribution in [0.2, 0.25) is 0 Å². The second-order valence-electron chi connectivity index (χ2n) is 4.49. The predicted octanol–water partition coefficient (Wildman–Crippen LogP) is -0.682. The maximum atomic E-state index is 11.7. The van der Waals surface area contributed by atoms with Gasteiger partial charge in [0.25, 0.3) is 5.56 Å². The number of carbonyl (C=O) groups is 1. The summed E-state index contributed by atoms with van der Waals surface area (Å²) in [5, 5.41) is 7.78. The van der Waals surface area contributed by atoms with Gasteiger partial charge in [-0.2, -0.15) is 0 Å². The highest BCUT2D eigenvalue weighted by Crippen LogP contribution is 1.98. The van der Waals surface area contributed by atoms with Crippen LogP contribution in [0.4, 0.5) is 0 Å². The Bertz CT molecular complexity index is 796. The summed E-state index contributed by atoms with van der Waals surface area (Å²) in [5.41, 5.74) is -0.391. The summed E-state index contributed by atoms with van der Waals surface area (Å²) in [7, 11) is 0. The minimum absolute atomic E-state index is 0.145. The van der Waals surface area contributed by atoms with Gasteiger partial charge in [0.15, 0.2) is 0 Å². The number of hydrogen-bond acceptors (Lipinski definition) is 7. The number of nitrogens with one attached hydrogen (secondary N) is 1. The topological polar surface area (TPSA) is 121 Å². The Morgan fingerprint density at radius 3 is 2.87 bits per heavy atom. The zero-order chi connectivity index (χ0) is 16.8. The summed E-state index contributed by atoms with van der Waals surface area (Å²) in [5.74, 6) is -0.363. The molecule has 0 saturated carbocycles. The fraction of sp³-hybridized carbons (Fsp3) is 0.417. The molecule has 11 heteroatoms. The monoisotopic (exact) mass is 435 g/mol. The number of rotatable bonds is 7. The van der Waals surface area contributed by atoms with Crippen molar-refractivity contribution in [3.63, 3.8) is 0 Å². The quantitative estimate of drug-likeness (QED) is 0.348. The predicted molar refractivity (Wildman–Crippen MR) is 85.7 cm³/mol. The van der Waals surface area contributed by atoms with Crippen LogP contribution in [0.25, 0.3) is 0 Å². The Balaban J connectivity index is 1.90. The molecule has 0 fully saturated rings. The summed E-state index contributed by atoms with van der Waals surface area (Å²) in [6.45, 7) is 2.06. The van der Waals surface area contributed by atoms with E-state index in [0.717, 1.165) is 0 Å². The van der Waals surface area contributed by atoms with Gasteiger partial charge in [-0.3, -0.25) is 19.1 Å². The van der Waals surface area contributed by atoms with E-state index in [9.17, 15) is 14.4 Å². The van der Waals surface area contributed by atoms with Crippen LogP contribution < -0.4 is 11.2 Å². The van der Waals surface area contributed by atoms with Gasteiger partial charge in [-0.25, -0.2) is 9.48 Å². The van der Waals surface area contributed by atoms with Crippen LogP contribution in [0.15, 0.2) is 22.0 Å². The van der Waals surface area contributed by atoms with Crippen LogP contribution in [0.1, 0.15) is 12.6 Å². The van der Waals surface area contributed by atoms with Crippen LogP contribution >= 0.6 is 22.6 Å². The molecule has 0 saturated heterocycles. The number of nitrogens with zero attached hydrogens (tertiary/aromatic N) is 4. The third-order valence-electron chi connectivity index (χ3n) is 2.64. The Labute approximate surface area is 143 Å². The molecule has 0 aliphatic rings. The number of esters is 1. The van der Waals surface area contributed by atoms with Gasteiger partial charge in [-0.15, -0.1) is 5.10 Å². The van der Waals surface area contributed by atoms with Crippen LogP contribution in [0.3, 0.4) is 0 Å². The van der Waals surface area contributed by atoms with Crippen molar-refractivity contribution in [1.82, 2.24) is 24.5 Å². The largest absolute Gasteiger partial charge is 0.463 e. The molecule has 10 nitrogen and oxygen atoms in total. The molecule has 0 aliphatic heterocycles. The highest BCUT2D eigenvalue weighted by Gasteiger charge is 2.06. The minimum Gasteiger partial charge on any atom is -0.463 e. The summed E-state index contributed by atoms with van der Waals surface area (Å²) in [6.07, 6.45) is 3.08. The van der Waals surface area contributed by atoms with Crippen LogP contribution in [-0.4, -0.2) is 43.7 Å². The third kappa shape index (κ3) is 5.28.